The third-order valence-electron chi connectivity index (χ3n) is 2.04. The van der Waals surface area contributed by atoms with E-state index in [4.69, 9.17) is 5.73 Å². The molecule has 0 amide bonds. The van der Waals surface area contributed by atoms with Crippen LogP contribution >= 0.6 is 0 Å². The third kappa shape index (κ3) is 3.48. The lowest BCUT2D eigenvalue weighted by atomic mass is 9.98. The zero-order valence-electron chi connectivity index (χ0n) is 9.25. The Bertz CT molecular complexity index is 301. The highest BCUT2D eigenvalue weighted by Crippen LogP contribution is 2.20. The molecular formula is C13H19N. The van der Waals surface area contributed by atoms with Gasteiger partial charge in [0.25, 0.3) is 0 Å². The van der Waals surface area contributed by atoms with E-state index in [1.165, 1.54) is 5.57 Å². The summed E-state index contributed by atoms with van der Waals surface area (Å²) in [5.41, 5.74) is 8.88. The lowest BCUT2D eigenvalue weighted by Crippen LogP contribution is -1.90. The van der Waals surface area contributed by atoms with Crippen LogP contribution in [0.1, 0.15) is 20.8 Å². The van der Waals surface area contributed by atoms with Crippen LogP contribution in [0.2, 0.25) is 0 Å². The topological polar surface area (TPSA) is 26.0 Å². The van der Waals surface area contributed by atoms with E-state index in [0.717, 1.165) is 11.1 Å². The summed E-state index contributed by atoms with van der Waals surface area (Å²) < 4.78 is 0. The summed E-state index contributed by atoms with van der Waals surface area (Å²) in [4.78, 5) is 0. The van der Waals surface area contributed by atoms with Crippen LogP contribution in [0.5, 0.6) is 0 Å². The minimum atomic E-state index is 1.11. The van der Waals surface area contributed by atoms with Gasteiger partial charge in [0.15, 0.2) is 0 Å². The van der Waals surface area contributed by atoms with Gasteiger partial charge in [-0.3, -0.25) is 0 Å². The van der Waals surface area contributed by atoms with Crippen LogP contribution < -0.4 is 5.73 Å². The van der Waals surface area contributed by atoms with Crippen LogP contribution in [0.25, 0.3) is 0 Å². The summed E-state index contributed by atoms with van der Waals surface area (Å²) in [5.74, 6) is 0. The van der Waals surface area contributed by atoms with E-state index in [9.17, 15) is 0 Å². The Morgan fingerprint density at radius 1 is 1.21 bits per heavy atom. The zero-order chi connectivity index (χ0) is 11.0. The van der Waals surface area contributed by atoms with Gasteiger partial charge in [-0.15, -0.1) is 0 Å². The molecule has 14 heavy (non-hydrogen) atoms. The van der Waals surface area contributed by atoms with Crippen molar-refractivity contribution in [2.45, 2.75) is 20.8 Å². The maximum Gasteiger partial charge on any atom is -0.00563 e. The molecule has 0 spiro atoms. The van der Waals surface area contributed by atoms with Gasteiger partial charge in [0.05, 0.1) is 0 Å². The lowest BCUT2D eigenvalue weighted by molar-refractivity contribution is 1.34. The van der Waals surface area contributed by atoms with E-state index < -0.39 is 0 Å². The van der Waals surface area contributed by atoms with Crippen molar-refractivity contribution in [1.29, 1.82) is 0 Å². The second-order valence-corrected chi connectivity index (χ2v) is 2.89. The van der Waals surface area contributed by atoms with Crippen molar-refractivity contribution in [3.05, 3.63) is 59.9 Å². The molecule has 0 heterocycles. The monoisotopic (exact) mass is 189 g/mol. The highest BCUT2D eigenvalue weighted by atomic mass is 14.5. The molecule has 0 aromatic heterocycles. The van der Waals surface area contributed by atoms with Gasteiger partial charge in [-0.2, -0.15) is 0 Å². The predicted molar refractivity (Wildman–Crippen MR) is 64.8 cm³/mol. The lowest BCUT2D eigenvalue weighted by Gasteiger charge is -2.07. The maximum absolute atomic E-state index is 5.39. The van der Waals surface area contributed by atoms with E-state index in [1.807, 2.05) is 32.1 Å². The molecule has 0 atom stereocenters. The molecule has 0 aliphatic heterocycles. The van der Waals surface area contributed by atoms with Crippen molar-refractivity contribution in [2.24, 2.45) is 5.73 Å². The van der Waals surface area contributed by atoms with E-state index >= 15 is 0 Å². The zero-order valence-corrected chi connectivity index (χ0v) is 9.25. The maximum atomic E-state index is 5.39. The Morgan fingerprint density at radius 3 is 2.21 bits per heavy atom. The molecule has 0 rings (SSSR count). The summed E-state index contributed by atoms with van der Waals surface area (Å²) in [6, 6.07) is 0. The van der Waals surface area contributed by atoms with Gasteiger partial charge in [0.2, 0.25) is 0 Å². The highest BCUT2D eigenvalue weighted by molar-refractivity contribution is 5.51. The van der Waals surface area contributed by atoms with Crippen LogP contribution in [0.3, 0.4) is 0 Å². The molecule has 0 aliphatic rings. The minimum absolute atomic E-state index is 1.11. The molecule has 0 saturated carbocycles. The molecule has 0 bridgehead atoms. The normalized spacial score (nSPS) is 14.9. The van der Waals surface area contributed by atoms with E-state index in [0.29, 0.717) is 0 Å². The van der Waals surface area contributed by atoms with Crippen molar-refractivity contribution in [1.82, 2.24) is 0 Å². The van der Waals surface area contributed by atoms with E-state index in [1.54, 1.807) is 12.3 Å². The van der Waals surface area contributed by atoms with Crippen LogP contribution in [0.4, 0.5) is 0 Å². The minimum Gasteiger partial charge on any atom is -0.405 e. The molecule has 0 aromatic rings. The van der Waals surface area contributed by atoms with Crippen molar-refractivity contribution in [2.75, 3.05) is 0 Å². The summed E-state index contributed by atoms with van der Waals surface area (Å²) in [6.07, 6.45) is 11.3. The number of rotatable bonds is 4. The molecule has 0 saturated heterocycles. The smallest absolute Gasteiger partial charge is 0.00563 e. The number of hydrogen-bond donors (Lipinski definition) is 1. The van der Waals surface area contributed by atoms with Crippen molar-refractivity contribution < 1.29 is 0 Å². The Morgan fingerprint density at radius 2 is 1.86 bits per heavy atom. The third-order valence-corrected chi connectivity index (χ3v) is 2.04. The summed E-state index contributed by atoms with van der Waals surface area (Å²) in [5, 5.41) is 0. The molecule has 2 N–H and O–H groups in total. The van der Waals surface area contributed by atoms with Gasteiger partial charge < -0.3 is 5.73 Å². The first kappa shape index (κ1) is 12.5. The Labute approximate surface area is 87.0 Å². The Kier molecular flexibility index (Phi) is 6.21. The van der Waals surface area contributed by atoms with E-state index in [2.05, 4.69) is 19.6 Å². The molecule has 76 valence electrons. The summed E-state index contributed by atoms with van der Waals surface area (Å²) in [7, 11) is 0. The van der Waals surface area contributed by atoms with Gasteiger partial charge in [-0.25, -0.2) is 0 Å². The summed E-state index contributed by atoms with van der Waals surface area (Å²) >= 11 is 0. The number of allylic oxidation sites excluding steroid dienone is 8. The molecule has 0 aliphatic carbocycles. The SMILES string of the molecule is C=C/C=C(C(=CC)/C=C\N)\C(C)=C/C. The fourth-order valence-corrected chi connectivity index (χ4v) is 1.17. The number of hydrogen-bond acceptors (Lipinski definition) is 1. The van der Waals surface area contributed by atoms with Crippen LogP contribution in [0.15, 0.2) is 59.9 Å². The molecule has 0 fully saturated rings. The average molecular weight is 189 g/mol. The fraction of sp³-hybridized carbons (Fsp3) is 0.231. The Hall–Kier alpha value is -1.50. The highest BCUT2D eigenvalue weighted by Gasteiger charge is 2.01. The molecule has 0 radical (unpaired) electrons. The standard InChI is InChI=1S/C13H19N/c1-5-8-13(11(4)6-2)12(7-3)9-10-14/h5-10H,1,14H2,2-4H3/b10-9-,11-6-,12-7?,13-8+. The fourth-order valence-electron chi connectivity index (χ4n) is 1.17. The van der Waals surface area contributed by atoms with Gasteiger partial charge in [-0.1, -0.05) is 30.9 Å². The van der Waals surface area contributed by atoms with Crippen LogP contribution in [0, 0.1) is 0 Å². The van der Waals surface area contributed by atoms with Gasteiger partial charge in [0, 0.05) is 0 Å². The second kappa shape index (κ2) is 6.96. The molecule has 0 unspecified atom stereocenters. The average Bonchev–Trinajstić information content (AvgIpc) is 2.22. The number of nitrogens with two attached hydrogens (primary N) is 1. The first-order chi connectivity index (χ1) is 6.71. The van der Waals surface area contributed by atoms with Crippen LogP contribution in [-0.2, 0) is 0 Å². The van der Waals surface area contributed by atoms with E-state index in [-0.39, 0.29) is 0 Å². The molecule has 1 nitrogen and oxygen atoms in total. The second-order valence-electron chi connectivity index (χ2n) is 2.89. The molecular weight excluding hydrogens is 170 g/mol. The largest absolute Gasteiger partial charge is 0.405 e. The summed E-state index contributed by atoms with van der Waals surface area (Å²) in [6.45, 7) is 9.80. The van der Waals surface area contributed by atoms with Crippen LogP contribution in [-0.4, -0.2) is 0 Å². The van der Waals surface area contributed by atoms with Gasteiger partial charge in [0.1, 0.15) is 0 Å². The predicted octanol–water partition coefficient (Wildman–Crippen LogP) is 3.48. The van der Waals surface area contributed by atoms with Crippen molar-refractivity contribution in [3.8, 4) is 0 Å². The van der Waals surface area contributed by atoms with Crippen molar-refractivity contribution >= 4 is 0 Å². The van der Waals surface area contributed by atoms with Gasteiger partial charge in [-0.05, 0) is 49.8 Å². The van der Waals surface area contributed by atoms with Gasteiger partial charge >= 0.3 is 0 Å². The molecule has 0 aromatic carbocycles. The Balaban J connectivity index is 5.21. The van der Waals surface area contributed by atoms with Crippen molar-refractivity contribution in [3.63, 3.8) is 0 Å². The quantitative estimate of drug-likeness (QED) is 0.673. The first-order valence-electron chi connectivity index (χ1n) is 4.72. The molecule has 1 heteroatoms. The first-order valence-corrected chi connectivity index (χ1v) is 4.72.